The second-order valence-corrected chi connectivity index (χ2v) is 8.97. The standard InChI is InChI=1S/C26H26N2S/c1-19-9-10-21-16-25(27-24(21)15-19)23-17-22(29-18-20-7-3-2-4-8-20)11-12-26(23)28-13-5-6-14-28/h2-4,7-12,15-17,27H,5-6,13-14,18H2,1H3. The molecule has 1 N–H and O–H groups in total. The first-order valence-corrected chi connectivity index (χ1v) is 11.4. The van der Waals surface area contributed by atoms with Crippen molar-refractivity contribution in [2.45, 2.75) is 30.4 Å². The molecular formula is C26H26N2S. The molecule has 1 aliphatic heterocycles. The number of hydrogen-bond acceptors (Lipinski definition) is 2. The van der Waals surface area contributed by atoms with Gasteiger partial charge in [-0.1, -0.05) is 42.5 Å². The quantitative estimate of drug-likeness (QED) is 0.364. The molecule has 3 heteroatoms. The van der Waals surface area contributed by atoms with Crippen LogP contribution >= 0.6 is 11.8 Å². The highest BCUT2D eigenvalue weighted by atomic mass is 32.2. The van der Waals surface area contributed by atoms with E-state index in [1.165, 1.54) is 56.7 Å². The second-order valence-electron chi connectivity index (χ2n) is 7.92. The SMILES string of the molecule is Cc1ccc2cc(-c3cc(SCc4ccccc4)ccc3N3CCCC3)[nH]c2c1. The normalized spacial score (nSPS) is 14.0. The lowest BCUT2D eigenvalue weighted by Gasteiger charge is -2.22. The summed E-state index contributed by atoms with van der Waals surface area (Å²) in [7, 11) is 0. The minimum absolute atomic E-state index is 0.995. The van der Waals surface area contributed by atoms with E-state index in [2.05, 4.69) is 89.6 Å². The Morgan fingerprint density at radius 3 is 2.55 bits per heavy atom. The van der Waals surface area contributed by atoms with Gasteiger partial charge in [-0.2, -0.15) is 0 Å². The number of aryl methyl sites for hydroxylation is 1. The lowest BCUT2D eigenvalue weighted by atomic mass is 10.1. The molecule has 0 amide bonds. The van der Waals surface area contributed by atoms with Crippen molar-refractivity contribution < 1.29 is 0 Å². The number of rotatable bonds is 5. The van der Waals surface area contributed by atoms with E-state index in [4.69, 9.17) is 0 Å². The summed E-state index contributed by atoms with van der Waals surface area (Å²) in [5, 5.41) is 1.28. The van der Waals surface area contributed by atoms with Crippen LogP contribution in [0.1, 0.15) is 24.0 Å². The van der Waals surface area contributed by atoms with Crippen molar-refractivity contribution in [1.29, 1.82) is 0 Å². The van der Waals surface area contributed by atoms with Crippen molar-refractivity contribution >= 4 is 28.4 Å². The first-order chi connectivity index (χ1) is 14.3. The molecule has 0 bridgehead atoms. The highest BCUT2D eigenvalue weighted by Crippen LogP contribution is 2.37. The Morgan fingerprint density at radius 2 is 1.72 bits per heavy atom. The maximum atomic E-state index is 3.68. The smallest absolute Gasteiger partial charge is 0.0486 e. The van der Waals surface area contributed by atoms with E-state index in [1.54, 1.807) is 0 Å². The molecule has 1 saturated heterocycles. The Balaban J connectivity index is 1.52. The average Bonchev–Trinajstić information content (AvgIpc) is 3.42. The lowest BCUT2D eigenvalue weighted by Crippen LogP contribution is -2.18. The fourth-order valence-corrected chi connectivity index (χ4v) is 5.07. The van der Waals surface area contributed by atoms with Gasteiger partial charge in [-0.05, 0) is 61.2 Å². The molecule has 1 fully saturated rings. The van der Waals surface area contributed by atoms with Gasteiger partial charge >= 0.3 is 0 Å². The van der Waals surface area contributed by atoms with Crippen LogP contribution in [0.5, 0.6) is 0 Å². The number of thioether (sulfide) groups is 1. The topological polar surface area (TPSA) is 19.0 Å². The molecular weight excluding hydrogens is 372 g/mol. The third-order valence-corrected chi connectivity index (χ3v) is 6.80. The van der Waals surface area contributed by atoms with Crippen LogP contribution in [-0.2, 0) is 5.75 Å². The fraction of sp³-hybridized carbons (Fsp3) is 0.231. The third kappa shape index (κ3) is 3.92. The number of nitrogens with zero attached hydrogens (tertiary/aromatic N) is 1. The Kier molecular flexibility index (Phi) is 5.07. The first-order valence-electron chi connectivity index (χ1n) is 10.4. The molecule has 4 aromatic rings. The van der Waals surface area contributed by atoms with Crippen molar-refractivity contribution in [3.63, 3.8) is 0 Å². The number of benzene rings is 3. The molecule has 29 heavy (non-hydrogen) atoms. The van der Waals surface area contributed by atoms with Gasteiger partial charge in [0, 0.05) is 51.6 Å². The van der Waals surface area contributed by atoms with Gasteiger partial charge in [0.05, 0.1) is 0 Å². The van der Waals surface area contributed by atoms with Crippen LogP contribution in [0.15, 0.2) is 77.7 Å². The Hall–Kier alpha value is -2.65. The summed E-state index contributed by atoms with van der Waals surface area (Å²) in [5.74, 6) is 0.995. The zero-order chi connectivity index (χ0) is 19.6. The largest absolute Gasteiger partial charge is 0.371 e. The number of H-pyrrole nitrogens is 1. The van der Waals surface area contributed by atoms with Crippen LogP contribution in [0.3, 0.4) is 0 Å². The number of aromatic amines is 1. The first kappa shape index (κ1) is 18.4. The summed E-state index contributed by atoms with van der Waals surface area (Å²) in [4.78, 5) is 7.54. The lowest BCUT2D eigenvalue weighted by molar-refractivity contribution is 0.949. The van der Waals surface area contributed by atoms with Crippen molar-refractivity contribution in [3.05, 3.63) is 83.9 Å². The van der Waals surface area contributed by atoms with Gasteiger partial charge in [0.1, 0.15) is 0 Å². The van der Waals surface area contributed by atoms with E-state index in [9.17, 15) is 0 Å². The summed E-state index contributed by atoms with van der Waals surface area (Å²) in [6, 6.07) is 26.6. The Labute approximate surface area is 177 Å². The number of anilines is 1. The van der Waals surface area contributed by atoms with Gasteiger partial charge in [-0.15, -0.1) is 11.8 Å². The maximum absolute atomic E-state index is 3.68. The van der Waals surface area contributed by atoms with E-state index in [0.29, 0.717) is 0 Å². The number of aromatic nitrogens is 1. The monoisotopic (exact) mass is 398 g/mol. The van der Waals surface area contributed by atoms with E-state index in [-0.39, 0.29) is 0 Å². The number of fused-ring (bicyclic) bond motifs is 1. The van der Waals surface area contributed by atoms with Gasteiger partial charge in [0.2, 0.25) is 0 Å². The van der Waals surface area contributed by atoms with E-state index < -0.39 is 0 Å². The van der Waals surface area contributed by atoms with Crippen LogP contribution < -0.4 is 4.90 Å². The fourth-order valence-electron chi connectivity index (χ4n) is 4.18. The minimum Gasteiger partial charge on any atom is -0.371 e. The zero-order valence-electron chi connectivity index (χ0n) is 16.8. The van der Waals surface area contributed by atoms with Crippen molar-refractivity contribution in [3.8, 4) is 11.3 Å². The highest BCUT2D eigenvalue weighted by Gasteiger charge is 2.18. The van der Waals surface area contributed by atoms with Gasteiger partial charge in [0.25, 0.3) is 0 Å². The predicted molar refractivity (Wildman–Crippen MR) is 126 cm³/mol. The van der Waals surface area contributed by atoms with Crippen LogP contribution in [-0.4, -0.2) is 18.1 Å². The molecule has 2 heterocycles. The maximum Gasteiger partial charge on any atom is 0.0486 e. The van der Waals surface area contributed by atoms with Crippen LogP contribution in [0.25, 0.3) is 22.2 Å². The molecule has 0 unspecified atom stereocenters. The van der Waals surface area contributed by atoms with E-state index in [0.717, 1.165) is 18.8 Å². The summed E-state index contributed by atoms with van der Waals surface area (Å²) < 4.78 is 0. The van der Waals surface area contributed by atoms with Crippen LogP contribution in [0.2, 0.25) is 0 Å². The molecule has 0 aliphatic carbocycles. The van der Waals surface area contributed by atoms with Gasteiger partial charge in [0.15, 0.2) is 0 Å². The summed E-state index contributed by atoms with van der Waals surface area (Å²) in [6.45, 7) is 4.46. The van der Waals surface area contributed by atoms with Crippen molar-refractivity contribution in [2.24, 2.45) is 0 Å². The van der Waals surface area contributed by atoms with Crippen LogP contribution in [0.4, 0.5) is 5.69 Å². The van der Waals surface area contributed by atoms with Gasteiger partial charge in [-0.25, -0.2) is 0 Å². The summed E-state index contributed by atoms with van der Waals surface area (Å²) >= 11 is 1.91. The molecule has 0 radical (unpaired) electrons. The van der Waals surface area contributed by atoms with E-state index >= 15 is 0 Å². The van der Waals surface area contributed by atoms with E-state index in [1.807, 2.05) is 11.8 Å². The third-order valence-electron chi connectivity index (χ3n) is 5.73. The second kappa shape index (κ2) is 8.00. The molecule has 2 nitrogen and oxygen atoms in total. The molecule has 146 valence electrons. The average molecular weight is 399 g/mol. The minimum atomic E-state index is 0.995. The number of nitrogens with one attached hydrogen (secondary N) is 1. The summed E-state index contributed by atoms with van der Waals surface area (Å²) in [6.07, 6.45) is 2.58. The van der Waals surface area contributed by atoms with Gasteiger partial charge in [-0.3, -0.25) is 0 Å². The summed E-state index contributed by atoms with van der Waals surface area (Å²) in [5.41, 5.74) is 7.76. The van der Waals surface area contributed by atoms with Gasteiger partial charge < -0.3 is 9.88 Å². The number of hydrogen-bond donors (Lipinski definition) is 1. The highest BCUT2D eigenvalue weighted by molar-refractivity contribution is 7.98. The Bertz CT molecular complexity index is 1120. The van der Waals surface area contributed by atoms with Crippen LogP contribution in [0, 0.1) is 6.92 Å². The molecule has 0 spiro atoms. The molecule has 0 atom stereocenters. The molecule has 1 aromatic heterocycles. The molecule has 0 saturated carbocycles. The molecule has 3 aromatic carbocycles. The predicted octanol–water partition coefficient (Wildman–Crippen LogP) is 7.04. The van der Waals surface area contributed by atoms with Crippen molar-refractivity contribution in [2.75, 3.05) is 18.0 Å². The molecule has 1 aliphatic rings. The van der Waals surface area contributed by atoms with Crippen molar-refractivity contribution in [1.82, 2.24) is 4.98 Å². The molecule has 5 rings (SSSR count). The Morgan fingerprint density at radius 1 is 0.897 bits per heavy atom. The zero-order valence-corrected chi connectivity index (χ0v) is 17.6.